The van der Waals surface area contributed by atoms with Crippen molar-refractivity contribution >= 4 is 26.7 Å². The highest BCUT2D eigenvalue weighted by Gasteiger charge is 2.13. The Hall–Kier alpha value is -1.91. The molecule has 0 unspecified atom stereocenters. The molecule has 0 saturated heterocycles. The van der Waals surface area contributed by atoms with Crippen molar-refractivity contribution in [3.05, 3.63) is 70.5 Å². The fraction of sp³-hybridized carbons (Fsp3) is 0.0588. The van der Waals surface area contributed by atoms with Gasteiger partial charge in [-0.1, -0.05) is 42.5 Å². The van der Waals surface area contributed by atoms with E-state index >= 15 is 0 Å². The summed E-state index contributed by atoms with van der Waals surface area (Å²) in [5.41, 5.74) is 6.28. The van der Waals surface area contributed by atoms with Gasteiger partial charge in [0.25, 0.3) is 0 Å². The molecule has 3 aromatic rings. The van der Waals surface area contributed by atoms with Gasteiger partial charge in [-0.3, -0.25) is 0 Å². The lowest BCUT2D eigenvalue weighted by Crippen LogP contribution is -2.01. The predicted octanol–water partition coefficient (Wildman–Crippen LogP) is 4.99. The molecule has 0 spiro atoms. The summed E-state index contributed by atoms with van der Waals surface area (Å²) in [4.78, 5) is 0. The van der Waals surface area contributed by atoms with Crippen molar-refractivity contribution in [2.24, 2.45) is 5.73 Å². The Morgan fingerprint density at radius 2 is 1.81 bits per heavy atom. The normalized spacial score (nSPS) is 10.8. The lowest BCUT2D eigenvalue weighted by Gasteiger charge is -2.13. The minimum atomic E-state index is -0.419. The second-order valence-electron chi connectivity index (χ2n) is 4.63. The molecule has 0 amide bonds. The highest BCUT2D eigenvalue weighted by atomic mass is 79.9. The van der Waals surface area contributed by atoms with Crippen molar-refractivity contribution < 1.29 is 9.13 Å². The lowest BCUT2D eigenvalue weighted by atomic mass is 10.1. The van der Waals surface area contributed by atoms with Gasteiger partial charge in [0.1, 0.15) is 5.75 Å². The van der Waals surface area contributed by atoms with Crippen LogP contribution in [0.1, 0.15) is 5.56 Å². The molecular weight excluding hydrogens is 333 g/mol. The van der Waals surface area contributed by atoms with Crippen LogP contribution in [0.2, 0.25) is 0 Å². The Balaban J connectivity index is 2.09. The largest absolute Gasteiger partial charge is 0.453 e. The Morgan fingerprint density at radius 1 is 1.00 bits per heavy atom. The molecule has 3 rings (SSSR count). The summed E-state index contributed by atoms with van der Waals surface area (Å²) < 4.78 is 20.5. The summed E-state index contributed by atoms with van der Waals surface area (Å²) in [6.45, 7) is 0.221. The van der Waals surface area contributed by atoms with Gasteiger partial charge in [0.2, 0.25) is 0 Å². The Morgan fingerprint density at radius 3 is 2.62 bits per heavy atom. The smallest absolute Gasteiger partial charge is 0.167 e. The van der Waals surface area contributed by atoms with E-state index in [1.807, 2.05) is 36.4 Å². The number of hydrogen-bond donors (Lipinski definition) is 1. The van der Waals surface area contributed by atoms with Crippen molar-refractivity contribution in [2.45, 2.75) is 6.54 Å². The standard InChI is InChI=1S/C17H13BrFNO/c18-16-13-6-2-1-4-11(13)8-9-15(16)21-17-12(10-20)5-3-7-14(17)19/h1-9H,10,20H2. The van der Waals surface area contributed by atoms with Crippen molar-refractivity contribution in [1.82, 2.24) is 0 Å². The second kappa shape index (κ2) is 5.84. The minimum Gasteiger partial charge on any atom is -0.453 e. The van der Waals surface area contributed by atoms with Crippen LogP contribution in [0.25, 0.3) is 10.8 Å². The molecule has 106 valence electrons. The van der Waals surface area contributed by atoms with Gasteiger partial charge >= 0.3 is 0 Å². The molecule has 3 aromatic carbocycles. The maximum Gasteiger partial charge on any atom is 0.167 e. The van der Waals surface area contributed by atoms with Crippen molar-refractivity contribution in [1.29, 1.82) is 0 Å². The zero-order valence-electron chi connectivity index (χ0n) is 11.1. The SMILES string of the molecule is NCc1cccc(F)c1Oc1ccc2ccccc2c1Br. The van der Waals surface area contributed by atoms with Gasteiger partial charge in [-0.05, 0) is 38.8 Å². The highest BCUT2D eigenvalue weighted by Crippen LogP contribution is 2.37. The molecule has 0 atom stereocenters. The summed E-state index contributed by atoms with van der Waals surface area (Å²) in [5, 5.41) is 2.10. The monoisotopic (exact) mass is 345 g/mol. The van der Waals surface area contributed by atoms with Crippen LogP contribution in [0.3, 0.4) is 0 Å². The fourth-order valence-corrected chi connectivity index (χ4v) is 2.81. The lowest BCUT2D eigenvalue weighted by molar-refractivity contribution is 0.435. The van der Waals surface area contributed by atoms with Gasteiger partial charge in [0, 0.05) is 12.1 Å². The van der Waals surface area contributed by atoms with E-state index in [1.54, 1.807) is 12.1 Å². The molecule has 0 aliphatic heterocycles. The molecular formula is C17H13BrFNO. The molecule has 0 aromatic heterocycles. The first-order valence-electron chi connectivity index (χ1n) is 6.53. The Kier molecular flexibility index (Phi) is 3.90. The molecule has 2 nitrogen and oxygen atoms in total. The molecule has 0 radical (unpaired) electrons. The molecule has 21 heavy (non-hydrogen) atoms. The van der Waals surface area contributed by atoms with E-state index in [-0.39, 0.29) is 12.3 Å². The van der Waals surface area contributed by atoms with Crippen molar-refractivity contribution in [3.8, 4) is 11.5 Å². The average Bonchev–Trinajstić information content (AvgIpc) is 2.52. The van der Waals surface area contributed by atoms with Crippen LogP contribution in [0.4, 0.5) is 4.39 Å². The van der Waals surface area contributed by atoms with Gasteiger partial charge in [-0.2, -0.15) is 0 Å². The third-order valence-corrected chi connectivity index (χ3v) is 4.13. The first-order valence-corrected chi connectivity index (χ1v) is 7.32. The van der Waals surface area contributed by atoms with Crippen LogP contribution in [0.5, 0.6) is 11.5 Å². The molecule has 4 heteroatoms. The number of rotatable bonds is 3. The van der Waals surface area contributed by atoms with Crippen molar-refractivity contribution in [3.63, 3.8) is 0 Å². The zero-order chi connectivity index (χ0) is 14.8. The first-order chi connectivity index (χ1) is 10.2. The summed E-state index contributed by atoms with van der Waals surface area (Å²) in [6, 6.07) is 16.4. The van der Waals surface area contributed by atoms with Crippen LogP contribution < -0.4 is 10.5 Å². The summed E-state index contributed by atoms with van der Waals surface area (Å²) in [7, 11) is 0. The van der Waals surface area contributed by atoms with Crippen LogP contribution >= 0.6 is 15.9 Å². The van der Waals surface area contributed by atoms with Gasteiger partial charge in [0.15, 0.2) is 11.6 Å². The molecule has 0 aliphatic rings. The summed E-state index contributed by atoms with van der Waals surface area (Å²) in [5.74, 6) is 0.322. The van der Waals surface area contributed by atoms with Gasteiger partial charge in [-0.25, -0.2) is 4.39 Å². The minimum absolute atomic E-state index is 0.177. The molecule has 0 heterocycles. The fourth-order valence-electron chi connectivity index (χ4n) is 2.23. The molecule has 0 aliphatic carbocycles. The van der Waals surface area contributed by atoms with E-state index in [9.17, 15) is 4.39 Å². The highest BCUT2D eigenvalue weighted by molar-refractivity contribution is 9.10. The predicted molar refractivity (Wildman–Crippen MR) is 86.0 cm³/mol. The van der Waals surface area contributed by atoms with E-state index in [4.69, 9.17) is 10.5 Å². The first kappa shape index (κ1) is 14.0. The third-order valence-electron chi connectivity index (χ3n) is 3.31. The Bertz CT molecular complexity index is 804. The summed E-state index contributed by atoms with van der Waals surface area (Å²) in [6.07, 6.45) is 0. The second-order valence-corrected chi connectivity index (χ2v) is 5.43. The number of para-hydroxylation sites is 1. The van der Waals surface area contributed by atoms with E-state index in [2.05, 4.69) is 15.9 Å². The van der Waals surface area contributed by atoms with Crippen LogP contribution in [0.15, 0.2) is 59.1 Å². The molecule has 0 saturated carbocycles. The number of hydrogen-bond acceptors (Lipinski definition) is 2. The van der Waals surface area contributed by atoms with Crippen LogP contribution in [-0.4, -0.2) is 0 Å². The topological polar surface area (TPSA) is 35.2 Å². The number of nitrogens with two attached hydrogens (primary N) is 1. The molecule has 2 N–H and O–H groups in total. The molecule has 0 bridgehead atoms. The maximum atomic E-state index is 14.0. The number of fused-ring (bicyclic) bond motifs is 1. The quantitative estimate of drug-likeness (QED) is 0.725. The molecule has 0 fully saturated rings. The summed E-state index contributed by atoms with van der Waals surface area (Å²) >= 11 is 3.53. The zero-order valence-corrected chi connectivity index (χ0v) is 12.7. The van der Waals surface area contributed by atoms with Crippen molar-refractivity contribution in [2.75, 3.05) is 0 Å². The van der Waals surface area contributed by atoms with E-state index in [1.165, 1.54) is 6.07 Å². The van der Waals surface area contributed by atoms with Gasteiger partial charge < -0.3 is 10.5 Å². The van der Waals surface area contributed by atoms with Crippen LogP contribution in [-0.2, 0) is 6.54 Å². The number of benzene rings is 3. The maximum absolute atomic E-state index is 14.0. The van der Waals surface area contributed by atoms with E-state index < -0.39 is 5.82 Å². The number of halogens is 2. The van der Waals surface area contributed by atoms with E-state index in [0.29, 0.717) is 11.3 Å². The average molecular weight is 346 g/mol. The van der Waals surface area contributed by atoms with E-state index in [0.717, 1.165) is 15.2 Å². The third kappa shape index (κ3) is 2.64. The van der Waals surface area contributed by atoms with Crippen LogP contribution in [0, 0.1) is 5.82 Å². The number of ether oxygens (including phenoxy) is 1. The van der Waals surface area contributed by atoms with Gasteiger partial charge in [-0.15, -0.1) is 0 Å². The Labute approximate surface area is 130 Å². The van der Waals surface area contributed by atoms with Gasteiger partial charge in [0.05, 0.1) is 4.47 Å².